The van der Waals surface area contributed by atoms with Gasteiger partial charge in [-0.05, 0) is 56.3 Å². The number of carbonyl (C=O) groups is 8. The first-order chi connectivity index (χ1) is 38.3. The van der Waals surface area contributed by atoms with E-state index < -0.39 is 80.8 Å². The summed E-state index contributed by atoms with van der Waals surface area (Å²) in [5.74, 6) is -6.66. The Bertz CT molecular complexity index is 3320. The summed E-state index contributed by atoms with van der Waals surface area (Å²) >= 11 is 9.25. The summed E-state index contributed by atoms with van der Waals surface area (Å²) in [4.78, 5) is 112. The molecule has 4 aliphatic heterocycles. The summed E-state index contributed by atoms with van der Waals surface area (Å²) in [6, 6.07) is 10.4. The molecule has 8 heterocycles. The largest absolute Gasteiger partial charge is 1.00 e. The van der Waals surface area contributed by atoms with Crippen LogP contribution in [0, 0.1) is 0 Å². The number of nitrogens with zero attached hydrogens (tertiary/aromatic N) is 12. The first-order valence-electron chi connectivity index (χ1n) is 22.8. The predicted molar refractivity (Wildman–Crippen MR) is 290 cm³/mol. The number of tetrazole rings is 2. The van der Waals surface area contributed by atoms with Gasteiger partial charge in [0.05, 0.1) is 45.8 Å². The van der Waals surface area contributed by atoms with E-state index in [1.807, 2.05) is 0 Å². The van der Waals surface area contributed by atoms with Crippen LogP contribution in [-0.2, 0) is 42.9 Å². The molecule has 2 fully saturated rings. The van der Waals surface area contributed by atoms with E-state index in [1.54, 1.807) is 61.3 Å². The van der Waals surface area contributed by atoms with Crippen molar-refractivity contribution in [2.75, 3.05) is 34.5 Å². The first-order valence-corrected chi connectivity index (χ1v) is 30.4. The Morgan fingerprint density at radius 1 is 0.659 bits per heavy atom. The van der Waals surface area contributed by atoms with Gasteiger partial charge in [0.1, 0.15) is 33.3 Å². The van der Waals surface area contributed by atoms with Gasteiger partial charge in [-0.2, -0.15) is 0 Å². The molecule has 10 rings (SSSR count). The number of aromatic carboxylic acids is 2. The van der Waals surface area contributed by atoms with Crippen LogP contribution in [0.1, 0.15) is 42.6 Å². The minimum Gasteiger partial charge on any atom is -0.543 e. The average Bonchev–Trinajstić information content (AvgIpc) is 3.86. The number of aromatic nitrogens is 10. The molecule has 4 amide bonds. The van der Waals surface area contributed by atoms with Crippen LogP contribution in [0.2, 0.25) is 0 Å². The van der Waals surface area contributed by atoms with Crippen LogP contribution in [-0.4, -0.2) is 164 Å². The van der Waals surface area contributed by atoms with E-state index >= 15 is 0 Å². The molecule has 2 saturated heterocycles. The topological polar surface area (TPSA) is 419 Å². The van der Waals surface area contributed by atoms with Crippen LogP contribution in [0.3, 0.4) is 0 Å². The van der Waals surface area contributed by atoms with Crippen molar-refractivity contribution in [3.8, 4) is 0 Å². The van der Waals surface area contributed by atoms with E-state index in [9.17, 15) is 58.8 Å². The number of anilines is 2. The van der Waals surface area contributed by atoms with Crippen molar-refractivity contribution >= 4 is 151 Å². The molecule has 0 spiro atoms. The number of carboxylic acids is 4. The number of benzene rings is 2. The third-order valence-electron chi connectivity index (χ3n) is 11.8. The Morgan fingerprint density at radius 2 is 1.04 bits per heavy atom. The third-order valence-corrected chi connectivity index (χ3v) is 20.7. The van der Waals surface area contributed by atoms with E-state index in [4.69, 9.17) is 11.5 Å². The zero-order valence-corrected chi connectivity index (χ0v) is 53.4. The Hall–Kier alpha value is -5.22. The summed E-state index contributed by atoms with van der Waals surface area (Å²) in [6.45, 7) is 0. The van der Waals surface area contributed by atoms with Crippen molar-refractivity contribution in [2.45, 2.75) is 53.4 Å². The van der Waals surface area contributed by atoms with E-state index in [1.165, 1.54) is 68.5 Å². The standard InChI is InChI=1S/2C22H20N8O6S4.2Na/c2*1-29-22(26-27-28-29)39-7-9-6-37-18-13(17(32)30(18)14(9)20(35)36)25-16(31)15(11-8-38-21(23)24-11)40-12-5-3-2-4-10(12)19(33)34;;/h2*2-5,8,13,15,18H,6-7H2,1H3,(H2,23,24)(H,25,31)(H,33,34)(H,35,36);;/q;;2*+1/p-2/t2*13?,15?,18-;;/m11../s1. The molecule has 38 heteroatoms. The van der Waals surface area contributed by atoms with Crippen molar-refractivity contribution in [3.05, 3.63) is 104 Å². The molecule has 0 bridgehead atoms. The Kier molecular flexibility index (Phi) is 22.1. The third kappa shape index (κ3) is 14.0. The van der Waals surface area contributed by atoms with Gasteiger partial charge in [0.15, 0.2) is 10.3 Å². The van der Waals surface area contributed by atoms with Crippen molar-refractivity contribution in [3.63, 3.8) is 0 Å². The maximum absolute atomic E-state index is 13.5. The molecule has 28 nitrogen and oxygen atoms in total. The van der Waals surface area contributed by atoms with Crippen molar-refractivity contribution in [1.82, 2.24) is 70.8 Å². The molecule has 82 heavy (non-hydrogen) atoms. The van der Waals surface area contributed by atoms with Crippen LogP contribution < -0.4 is 91.4 Å². The van der Waals surface area contributed by atoms with Crippen molar-refractivity contribution < 1.29 is 118 Å². The predicted octanol–water partition coefficient (Wildman–Crippen LogP) is -6.04. The molecule has 4 aliphatic rings. The van der Waals surface area contributed by atoms with Gasteiger partial charge in [-0.1, -0.05) is 47.8 Å². The summed E-state index contributed by atoms with van der Waals surface area (Å²) < 4.78 is 2.89. The molecular formula is C44H38N16Na2O12S8. The van der Waals surface area contributed by atoms with Crippen LogP contribution in [0.15, 0.2) is 102 Å². The van der Waals surface area contributed by atoms with E-state index in [-0.39, 0.29) is 115 Å². The van der Waals surface area contributed by atoms with Gasteiger partial charge in [-0.3, -0.25) is 29.0 Å². The normalized spacial score (nSPS) is 18.7. The molecule has 6 atom stereocenters. The van der Waals surface area contributed by atoms with Crippen LogP contribution in [0.5, 0.6) is 0 Å². The average molecular weight is 1290 g/mol. The Morgan fingerprint density at radius 3 is 1.35 bits per heavy atom. The van der Waals surface area contributed by atoms with Gasteiger partial charge >= 0.3 is 71.1 Å². The Labute approximate surface area is 540 Å². The summed E-state index contributed by atoms with van der Waals surface area (Å²) in [5.41, 5.74) is 12.7. The number of nitrogen functional groups attached to an aromatic ring is 2. The maximum Gasteiger partial charge on any atom is 1.00 e. The molecular weight excluding hydrogens is 1250 g/mol. The molecule has 6 aromatic rings. The zero-order valence-electron chi connectivity index (χ0n) is 42.8. The smallest absolute Gasteiger partial charge is 0.543 e. The molecule has 0 saturated carbocycles. The van der Waals surface area contributed by atoms with Crippen LogP contribution in [0.4, 0.5) is 10.3 Å². The van der Waals surface area contributed by atoms with Crippen molar-refractivity contribution in [1.29, 1.82) is 0 Å². The first kappa shape index (κ1) is 64.3. The number of hydrogen-bond donors (Lipinski definition) is 6. The van der Waals surface area contributed by atoms with Gasteiger partial charge in [-0.25, -0.2) is 28.9 Å². The van der Waals surface area contributed by atoms with Gasteiger partial charge < -0.3 is 52.1 Å². The number of fused-ring (bicyclic) bond motifs is 2. The molecule has 2 aromatic carbocycles. The number of carbonyl (C=O) groups excluding carboxylic acids is 6. The van der Waals surface area contributed by atoms with Gasteiger partial charge in [0.25, 0.3) is 11.8 Å². The van der Waals surface area contributed by atoms with E-state index in [0.717, 1.165) is 56.0 Å². The van der Waals surface area contributed by atoms with E-state index in [0.29, 0.717) is 42.6 Å². The number of hydrogen-bond acceptors (Lipinski definition) is 28. The molecule has 0 aliphatic carbocycles. The second kappa shape index (κ2) is 28.1. The number of amides is 4. The number of nitrogens with one attached hydrogen (secondary N) is 2. The molecule has 8 N–H and O–H groups in total. The van der Waals surface area contributed by atoms with E-state index in [2.05, 4.69) is 51.7 Å². The second-order valence-corrected chi connectivity index (χ2v) is 25.0. The number of thiazole rings is 2. The molecule has 416 valence electrons. The minimum atomic E-state index is -1.49. The number of aliphatic carboxylic acids is 2. The summed E-state index contributed by atoms with van der Waals surface area (Å²) in [5, 5.41) is 72.2. The monoisotopic (exact) mass is 1280 g/mol. The van der Waals surface area contributed by atoms with Gasteiger partial charge in [-0.15, -0.1) is 79.9 Å². The maximum atomic E-state index is 13.5. The second-order valence-electron chi connectivity index (χ2n) is 16.8. The number of rotatable bonds is 20. The number of nitrogens with two attached hydrogens (primary N) is 2. The number of carboxylic acid groups (broad SMARTS) is 4. The zero-order chi connectivity index (χ0) is 57.1. The molecule has 4 unspecified atom stereocenters. The summed E-state index contributed by atoms with van der Waals surface area (Å²) in [7, 11) is 3.31. The number of thioether (sulfide) groups is 6. The fourth-order valence-corrected chi connectivity index (χ4v) is 16.3. The fourth-order valence-electron chi connectivity index (χ4n) is 8.10. The Balaban J connectivity index is 0.000000230. The van der Waals surface area contributed by atoms with Crippen LogP contribution >= 0.6 is 93.2 Å². The number of β-lactam (4-membered cyclic amide) rings is 2. The fraction of sp³-hybridized carbons (Fsp3) is 0.273. The minimum absolute atomic E-state index is 0. The van der Waals surface area contributed by atoms with Gasteiger partial charge in [0.2, 0.25) is 22.1 Å². The summed E-state index contributed by atoms with van der Waals surface area (Å²) in [6.07, 6.45) is 0. The van der Waals surface area contributed by atoms with Crippen LogP contribution in [0.25, 0.3) is 0 Å². The molecule has 0 radical (unpaired) electrons. The van der Waals surface area contributed by atoms with Crippen molar-refractivity contribution in [2.24, 2.45) is 14.1 Å². The quantitative estimate of drug-likeness (QED) is 0.0235. The molecule has 4 aromatic heterocycles. The SMILES string of the molecule is Cn1nnnc1SCC1=C(C(=O)[O-])N2C(=O)C(NC(=O)C(Sc3ccccc3C(=O)O)c3csc(N)n3)[C@H]2SC1.Cn1nnnc1SCC1=C(C(=O)[O-])N2C(=O)C(NC(=O)C(Sc3ccccc3C(=O)O)c3csc(N)n3)[C@H]2SC1.[Na+].[Na+]. The number of aryl methyl sites for hydroxylation is 2. The van der Waals surface area contributed by atoms with Gasteiger partial charge in [0, 0.05) is 57.7 Å².